The number of carbonyl (C=O) groups excluding carboxylic acids is 2. The van der Waals surface area contributed by atoms with Crippen molar-refractivity contribution >= 4 is 23.2 Å². The molecule has 3 heterocycles. The van der Waals surface area contributed by atoms with E-state index in [0.717, 1.165) is 31.7 Å². The zero-order valence-electron chi connectivity index (χ0n) is 15.7. The summed E-state index contributed by atoms with van der Waals surface area (Å²) in [6, 6.07) is 7.44. The second-order valence-electron chi connectivity index (χ2n) is 8.32. The second kappa shape index (κ2) is 6.35. The van der Waals surface area contributed by atoms with Crippen LogP contribution in [0.15, 0.2) is 24.3 Å². The predicted molar refractivity (Wildman–Crippen MR) is 100 cm³/mol. The average Bonchev–Trinajstić information content (AvgIpc) is 3.11. The summed E-state index contributed by atoms with van der Waals surface area (Å²) in [5, 5.41) is 2.84. The molecule has 1 N–H and O–H groups in total. The van der Waals surface area contributed by atoms with Gasteiger partial charge in [-0.05, 0) is 37.3 Å². The molecule has 0 saturated carbocycles. The number of hydrogen-bond donors (Lipinski definition) is 1. The summed E-state index contributed by atoms with van der Waals surface area (Å²) in [6.07, 6.45) is 2.35. The van der Waals surface area contributed by atoms with Crippen LogP contribution in [0, 0.1) is 5.41 Å². The number of benzene rings is 1. The monoisotopic (exact) mass is 357 g/mol. The van der Waals surface area contributed by atoms with E-state index in [4.69, 9.17) is 4.74 Å². The van der Waals surface area contributed by atoms with Gasteiger partial charge in [0.2, 0.25) is 11.8 Å². The first-order valence-corrected chi connectivity index (χ1v) is 9.46. The highest BCUT2D eigenvalue weighted by Crippen LogP contribution is 2.44. The quantitative estimate of drug-likeness (QED) is 0.901. The van der Waals surface area contributed by atoms with Gasteiger partial charge in [0.05, 0.1) is 23.5 Å². The zero-order chi connectivity index (χ0) is 18.5. The van der Waals surface area contributed by atoms with Crippen molar-refractivity contribution in [1.82, 2.24) is 4.90 Å². The lowest BCUT2D eigenvalue weighted by atomic mass is 9.70. The normalized spacial score (nSPS) is 28.9. The SMILES string of the molecule is CC(C(=O)N1CC(=O)Nc2ccccc21)N1CC(C)(C)C1C1CCCO1. The number of fused-ring (bicyclic) bond motifs is 1. The van der Waals surface area contributed by atoms with Crippen molar-refractivity contribution in [2.45, 2.75) is 51.8 Å². The van der Waals surface area contributed by atoms with Crippen LogP contribution < -0.4 is 10.2 Å². The van der Waals surface area contributed by atoms with Gasteiger partial charge in [0.1, 0.15) is 6.54 Å². The van der Waals surface area contributed by atoms with Gasteiger partial charge in [-0.2, -0.15) is 0 Å². The maximum Gasteiger partial charge on any atom is 0.244 e. The Morgan fingerprint density at radius 3 is 2.81 bits per heavy atom. The van der Waals surface area contributed by atoms with E-state index in [1.165, 1.54) is 0 Å². The molecule has 3 atom stereocenters. The van der Waals surface area contributed by atoms with E-state index >= 15 is 0 Å². The lowest BCUT2D eigenvalue weighted by Gasteiger charge is -2.58. The summed E-state index contributed by atoms with van der Waals surface area (Å²) in [4.78, 5) is 29.2. The fourth-order valence-electron chi connectivity index (χ4n) is 4.74. The van der Waals surface area contributed by atoms with Crippen LogP contribution in [0.5, 0.6) is 0 Å². The fraction of sp³-hybridized carbons (Fsp3) is 0.600. The number of rotatable bonds is 3. The van der Waals surface area contributed by atoms with Crippen molar-refractivity contribution in [2.24, 2.45) is 5.41 Å². The highest BCUT2D eigenvalue weighted by atomic mass is 16.5. The lowest BCUT2D eigenvalue weighted by Crippen LogP contribution is -2.71. The summed E-state index contributed by atoms with van der Waals surface area (Å²) in [6.45, 7) is 8.20. The maximum atomic E-state index is 13.3. The molecular formula is C20H27N3O3. The minimum atomic E-state index is -0.281. The largest absolute Gasteiger partial charge is 0.377 e. The predicted octanol–water partition coefficient (Wildman–Crippen LogP) is 2.25. The number of nitrogens with zero attached hydrogens (tertiary/aromatic N) is 2. The number of amides is 2. The van der Waals surface area contributed by atoms with E-state index in [1.54, 1.807) is 4.90 Å². The van der Waals surface area contributed by atoms with Crippen molar-refractivity contribution in [1.29, 1.82) is 0 Å². The Morgan fingerprint density at radius 1 is 1.35 bits per heavy atom. The van der Waals surface area contributed by atoms with Crippen molar-refractivity contribution in [3.63, 3.8) is 0 Å². The van der Waals surface area contributed by atoms with Crippen molar-refractivity contribution in [2.75, 3.05) is 29.9 Å². The molecule has 6 heteroatoms. The maximum absolute atomic E-state index is 13.3. The molecule has 4 rings (SSSR count). The first-order valence-electron chi connectivity index (χ1n) is 9.46. The Hall–Kier alpha value is -1.92. The number of ether oxygens (including phenoxy) is 1. The van der Waals surface area contributed by atoms with Crippen molar-refractivity contribution in [3.8, 4) is 0 Å². The first-order chi connectivity index (χ1) is 12.4. The summed E-state index contributed by atoms with van der Waals surface area (Å²) >= 11 is 0. The molecule has 2 saturated heterocycles. The van der Waals surface area contributed by atoms with Gasteiger partial charge in [-0.15, -0.1) is 0 Å². The molecule has 6 nitrogen and oxygen atoms in total. The highest BCUT2D eigenvalue weighted by Gasteiger charge is 2.53. The topological polar surface area (TPSA) is 61.9 Å². The molecule has 0 aliphatic carbocycles. The Bertz CT molecular complexity index is 727. The Labute approximate surface area is 154 Å². The molecule has 3 unspecified atom stereocenters. The lowest BCUT2D eigenvalue weighted by molar-refractivity contribution is -0.152. The van der Waals surface area contributed by atoms with Crippen LogP contribution in [-0.4, -0.2) is 54.6 Å². The van der Waals surface area contributed by atoms with Gasteiger partial charge in [0.15, 0.2) is 0 Å². The van der Waals surface area contributed by atoms with Crippen LogP contribution in [0.3, 0.4) is 0 Å². The van der Waals surface area contributed by atoms with Crippen LogP contribution in [0.25, 0.3) is 0 Å². The Kier molecular flexibility index (Phi) is 4.28. The Morgan fingerprint density at radius 2 is 2.12 bits per heavy atom. The van der Waals surface area contributed by atoms with Gasteiger partial charge < -0.3 is 10.1 Å². The molecule has 0 spiro atoms. The summed E-state index contributed by atoms with van der Waals surface area (Å²) in [5.74, 6) is -0.172. The van der Waals surface area contributed by atoms with Gasteiger partial charge in [0, 0.05) is 19.2 Å². The average molecular weight is 357 g/mol. The van der Waals surface area contributed by atoms with E-state index in [0.29, 0.717) is 5.69 Å². The number of hydrogen-bond acceptors (Lipinski definition) is 4. The third-order valence-electron chi connectivity index (χ3n) is 5.96. The minimum absolute atomic E-state index is 0.0224. The zero-order valence-corrected chi connectivity index (χ0v) is 15.7. The molecule has 3 aliphatic heterocycles. The number of carbonyl (C=O) groups is 2. The molecule has 3 aliphatic rings. The molecular weight excluding hydrogens is 330 g/mol. The van der Waals surface area contributed by atoms with Gasteiger partial charge >= 0.3 is 0 Å². The van der Waals surface area contributed by atoms with Crippen molar-refractivity contribution < 1.29 is 14.3 Å². The van der Waals surface area contributed by atoms with Crippen LogP contribution in [0.1, 0.15) is 33.6 Å². The number of para-hydroxylation sites is 2. The summed E-state index contributed by atoms with van der Waals surface area (Å²) in [5.41, 5.74) is 1.61. The third-order valence-corrected chi connectivity index (χ3v) is 5.96. The van der Waals surface area contributed by atoms with E-state index in [9.17, 15) is 9.59 Å². The molecule has 140 valence electrons. The minimum Gasteiger partial charge on any atom is -0.377 e. The van der Waals surface area contributed by atoms with Crippen LogP contribution in [0.2, 0.25) is 0 Å². The van der Waals surface area contributed by atoms with Crippen molar-refractivity contribution in [3.05, 3.63) is 24.3 Å². The van der Waals surface area contributed by atoms with E-state index in [-0.39, 0.29) is 42.0 Å². The molecule has 0 aromatic heterocycles. The van der Waals surface area contributed by atoms with Gasteiger partial charge in [-0.25, -0.2) is 0 Å². The summed E-state index contributed by atoms with van der Waals surface area (Å²) in [7, 11) is 0. The third kappa shape index (κ3) is 2.81. The number of likely N-dealkylation sites (tertiary alicyclic amines) is 1. The van der Waals surface area contributed by atoms with Crippen LogP contribution in [-0.2, 0) is 14.3 Å². The van der Waals surface area contributed by atoms with Gasteiger partial charge in [-0.3, -0.25) is 19.4 Å². The van der Waals surface area contributed by atoms with Gasteiger partial charge in [0.25, 0.3) is 0 Å². The number of anilines is 2. The highest BCUT2D eigenvalue weighted by molar-refractivity contribution is 6.11. The molecule has 26 heavy (non-hydrogen) atoms. The fourth-order valence-corrected chi connectivity index (χ4v) is 4.74. The summed E-state index contributed by atoms with van der Waals surface area (Å²) < 4.78 is 5.94. The molecule has 1 aromatic rings. The van der Waals surface area contributed by atoms with Crippen LogP contribution >= 0.6 is 0 Å². The molecule has 1 aromatic carbocycles. The van der Waals surface area contributed by atoms with E-state index < -0.39 is 0 Å². The molecule has 0 bridgehead atoms. The first kappa shape index (κ1) is 17.5. The van der Waals surface area contributed by atoms with Gasteiger partial charge in [-0.1, -0.05) is 26.0 Å². The van der Waals surface area contributed by atoms with E-state index in [1.807, 2.05) is 31.2 Å². The standard InChI is InChI=1S/C20H27N3O3/c1-13(23-12-20(2,3)18(23)16-9-6-10-26-16)19(25)22-11-17(24)21-14-7-4-5-8-15(14)22/h4-5,7-8,13,16,18H,6,9-12H2,1-3H3,(H,21,24). The van der Waals surface area contributed by atoms with Crippen LogP contribution in [0.4, 0.5) is 11.4 Å². The molecule has 2 fully saturated rings. The second-order valence-corrected chi connectivity index (χ2v) is 8.32. The Balaban J connectivity index is 1.56. The molecule has 2 amide bonds. The molecule has 0 radical (unpaired) electrons. The number of nitrogens with one attached hydrogen (secondary N) is 1. The smallest absolute Gasteiger partial charge is 0.244 e. The van der Waals surface area contributed by atoms with E-state index in [2.05, 4.69) is 24.1 Å².